The van der Waals surface area contributed by atoms with E-state index in [0.717, 1.165) is 24.0 Å². The Hall–Kier alpha value is -3.71. The van der Waals surface area contributed by atoms with Crippen LogP contribution < -0.4 is 10.9 Å². The van der Waals surface area contributed by atoms with Gasteiger partial charge in [0.15, 0.2) is 16.6 Å². The van der Waals surface area contributed by atoms with Crippen molar-refractivity contribution < 1.29 is 15.0 Å². The van der Waals surface area contributed by atoms with Crippen LogP contribution in [0.2, 0.25) is 5.15 Å². The van der Waals surface area contributed by atoms with E-state index in [2.05, 4.69) is 4.98 Å². The van der Waals surface area contributed by atoms with Gasteiger partial charge in [0.25, 0.3) is 5.43 Å². The Bertz CT molecular complexity index is 1410. The topological polar surface area (TPSA) is 109 Å². The van der Waals surface area contributed by atoms with Crippen LogP contribution in [0, 0.1) is 0 Å². The number of halogens is 1. The molecule has 0 aliphatic carbocycles. The van der Waals surface area contributed by atoms with Gasteiger partial charge in [0, 0.05) is 13.0 Å². The molecule has 4 aromatic rings. The first kappa shape index (κ1) is 22.5. The number of rotatable bonds is 8. The number of aromatic carboxylic acids is 1. The summed E-state index contributed by atoms with van der Waals surface area (Å²) in [5.41, 5.74) is 1.25. The molecule has 1 aromatic heterocycles. The van der Waals surface area contributed by atoms with E-state index in [1.165, 1.54) is 0 Å². The summed E-state index contributed by atoms with van der Waals surface area (Å²) in [5, 5.41) is 19.5. The van der Waals surface area contributed by atoms with Crippen LogP contribution >= 0.6 is 11.6 Å². The summed E-state index contributed by atoms with van der Waals surface area (Å²) >= 11 is 6.11. The summed E-state index contributed by atoms with van der Waals surface area (Å²) in [6.45, 7) is 2.34. The van der Waals surface area contributed by atoms with Gasteiger partial charge in [0.2, 0.25) is 5.43 Å². The molecule has 0 aliphatic heterocycles. The summed E-state index contributed by atoms with van der Waals surface area (Å²) in [7, 11) is 0. The minimum atomic E-state index is -1.13. The van der Waals surface area contributed by atoms with E-state index < -0.39 is 22.6 Å². The van der Waals surface area contributed by atoms with Gasteiger partial charge in [-0.3, -0.25) is 9.59 Å². The molecule has 0 radical (unpaired) electrons. The Labute approximate surface area is 194 Å². The maximum absolute atomic E-state index is 12.0. The molecule has 3 aromatic carbocycles. The van der Waals surface area contributed by atoms with E-state index in [4.69, 9.17) is 11.6 Å². The Kier molecular flexibility index (Phi) is 6.16. The lowest BCUT2D eigenvalue weighted by Crippen LogP contribution is -2.31. The first-order valence-electron chi connectivity index (χ1n) is 10.5. The zero-order chi connectivity index (χ0) is 23.7. The van der Waals surface area contributed by atoms with Gasteiger partial charge >= 0.3 is 5.97 Å². The van der Waals surface area contributed by atoms with Gasteiger partial charge in [-0.05, 0) is 28.7 Å². The predicted octanol–water partition coefficient (Wildman–Crippen LogP) is 4.26. The molecule has 0 atom stereocenters. The smallest absolute Gasteiger partial charge is 0.355 e. The maximum Gasteiger partial charge on any atom is 0.355 e. The van der Waals surface area contributed by atoms with Gasteiger partial charge in [0.05, 0.1) is 5.56 Å². The number of aromatic nitrogens is 2. The van der Waals surface area contributed by atoms with Gasteiger partial charge in [-0.15, -0.1) is 0 Å². The number of nitrogens with zero attached hydrogens (tertiary/aromatic N) is 2. The predicted molar refractivity (Wildman–Crippen MR) is 126 cm³/mol. The van der Waals surface area contributed by atoms with Crippen molar-refractivity contribution in [2.75, 3.05) is 0 Å². The molecule has 4 rings (SSSR count). The number of hydrogen-bond acceptors (Lipinski definition) is 5. The van der Waals surface area contributed by atoms with E-state index in [-0.39, 0.29) is 16.4 Å². The molecule has 0 saturated heterocycles. The molecule has 2 N–H and O–H groups in total. The van der Waals surface area contributed by atoms with Crippen LogP contribution in [-0.2, 0) is 13.0 Å². The number of imidazole rings is 1. The monoisotopic (exact) mass is 464 g/mol. The fourth-order valence-corrected chi connectivity index (χ4v) is 4.20. The fraction of sp³-hybridized carbons (Fsp3) is 0.200. The second-order valence-corrected chi connectivity index (χ2v) is 8.14. The van der Waals surface area contributed by atoms with E-state index >= 15 is 0 Å². The average Bonchev–Trinajstić information content (AvgIpc) is 3.13. The van der Waals surface area contributed by atoms with Crippen LogP contribution in [0.3, 0.4) is 0 Å². The molecule has 0 saturated carbocycles. The van der Waals surface area contributed by atoms with Crippen LogP contribution in [-0.4, -0.2) is 25.7 Å². The first-order valence-corrected chi connectivity index (χ1v) is 10.9. The van der Waals surface area contributed by atoms with Crippen LogP contribution in [0.15, 0.2) is 58.1 Å². The molecule has 33 heavy (non-hydrogen) atoms. The summed E-state index contributed by atoms with van der Waals surface area (Å²) in [5.74, 6) is -1.01. The number of carboxylic acid groups (broad SMARTS) is 1. The number of unbranched alkanes of at least 4 members (excludes halogenated alkanes) is 1. The highest BCUT2D eigenvalue weighted by atomic mass is 35.5. The third-order valence-corrected chi connectivity index (χ3v) is 5.91. The largest absolute Gasteiger partial charge is 0.503 e. The Morgan fingerprint density at radius 1 is 1.03 bits per heavy atom. The zero-order valence-corrected chi connectivity index (χ0v) is 18.6. The van der Waals surface area contributed by atoms with Gasteiger partial charge in [-0.1, -0.05) is 73.5 Å². The van der Waals surface area contributed by atoms with E-state index in [1.807, 2.05) is 43.3 Å². The summed E-state index contributed by atoms with van der Waals surface area (Å²) < 4.78 is 1.63. The summed E-state index contributed by atoms with van der Waals surface area (Å²) in [6.07, 6.45) is 2.44. The van der Waals surface area contributed by atoms with Crippen LogP contribution in [0.5, 0.6) is 5.75 Å². The SMILES string of the molecule is CCCCc1nc(Cl)c(C(=O)O)n1Cc1ccc(-c2ccccc2-c2c(O)c(=O)c2=O)cc1. The highest BCUT2D eigenvalue weighted by Gasteiger charge is 2.24. The lowest BCUT2D eigenvalue weighted by molar-refractivity contribution is 0.0685. The van der Waals surface area contributed by atoms with Crippen molar-refractivity contribution in [3.05, 3.63) is 91.2 Å². The molecule has 8 heteroatoms. The van der Waals surface area contributed by atoms with Crippen molar-refractivity contribution in [2.24, 2.45) is 0 Å². The molecule has 0 spiro atoms. The fourth-order valence-electron chi connectivity index (χ4n) is 3.92. The lowest BCUT2D eigenvalue weighted by Gasteiger charge is -2.13. The van der Waals surface area contributed by atoms with Gasteiger partial charge in [-0.25, -0.2) is 9.78 Å². The van der Waals surface area contributed by atoms with Crippen molar-refractivity contribution in [1.29, 1.82) is 0 Å². The van der Waals surface area contributed by atoms with Gasteiger partial charge in [-0.2, -0.15) is 0 Å². The lowest BCUT2D eigenvalue weighted by atomic mass is 9.91. The molecule has 168 valence electrons. The zero-order valence-electron chi connectivity index (χ0n) is 17.8. The average molecular weight is 465 g/mol. The number of aryl methyl sites for hydroxylation is 1. The standard InChI is InChI=1S/C25H21ClN2O5/c1-2-3-8-18-27-24(26)20(25(32)33)28(18)13-14-9-11-15(12-10-14)16-6-4-5-7-17(16)19-21(29)23(31)22(19)30/h4-7,9-12,29H,2-3,8,13H2,1H3,(H,32,33). The highest BCUT2D eigenvalue weighted by molar-refractivity contribution is 6.32. The van der Waals surface area contributed by atoms with E-state index in [1.54, 1.807) is 16.7 Å². The highest BCUT2D eigenvalue weighted by Crippen LogP contribution is 2.34. The summed E-state index contributed by atoms with van der Waals surface area (Å²) in [6, 6.07) is 14.4. The van der Waals surface area contributed by atoms with Crippen LogP contribution in [0.25, 0.3) is 22.3 Å². The second kappa shape index (κ2) is 9.03. The minimum absolute atomic E-state index is 0.0213. The maximum atomic E-state index is 12.0. The Morgan fingerprint density at radius 2 is 1.70 bits per heavy atom. The van der Waals surface area contributed by atoms with E-state index in [9.17, 15) is 24.6 Å². The van der Waals surface area contributed by atoms with Crippen LogP contribution in [0.4, 0.5) is 0 Å². The normalized spacial score (nSPS) is 11.2. The molecule has 0 bridgehead atoms. The van der Waals surface area contributed by atoms with Crippen LogP contribution in [0.1, 0.15) is 41.6 Å². The third-order valence-electron chi connectivity index (χ3n) is 5.65. The quantitative estimate of drug-likeness (QED) is 0.377. The molecule has 0 aliphatic rings. The second-order valence-electron chi connectivity index (χ2n) is 7.79. The van der Waals surface area contributed by atoms with Crippen molar-refractivity contribution in [1.82, 2.24) is 9.55 Å². The Morgan fingerprint density at radius 3 is 2.30 bits per heavy atom. The van der Waals surface area contributed by atoms with Crippen molar-refractivity contribution >= 4 is 17.6 Å². The van der Waals surface area contributed by atoms with E-state index in [0.29, 0.717) is 29.9 Å². The molecule has 7 nitrogen and oxygen atoms in total. The molecule has 0 unspecified atom stereocenters. The first-order chi connectivity index (χ1) is 15.8. The van der Waals surface area contributed by atoms with Crippen molar-refractivity contribution in [3.63, 3.8) is 0 Å². The molecular weight excluding hydrogens is 444 g/mol. The third kappa shape index (κ3) is 4.07. The molecule has 0 amide bonds. The minimum Gasteiger partial charge on any atom is -0.503 e. The molecule has 0 fully saturated rings. The molecule has 1 heterocycles. The van der Waals surface area contributed by atoms with Gasteiger partial charge in [0.1, 0.15) is 5.82 Å². The number of aromatic hydroxyl groups is 1. The van der Waals surface area contributed by atoms with Gasteiger partial charge < -0.3 is 14.8 Å². The number of carbonyl (C=O) groups is 1. The van der Waals surface area contributed by atoms with Crippen molar-refractivity contribution in [3.8, 4) is 28.0 Å². The number of hydrogen-bond donors (Lipinski definition) is 2. The Balaban J connectivity index is 1.68. The number of carboxylic acids is 1. The van der Waals surface area contributed by atoms with Crippen molar-refractivity contribution in [2.45, 2.75) is 32.7 Å². The summed E-state index contributed by atoms with van der Waals surface area (Å²) in [4.78, 5) is 39.4. The number of benzene rings is 2. The molecular formula is C25H21ClN2O5.